The van der Waals surface area contributed by atoms with Gasteiger partial charge in [0.05, 0.1) is 31.4 Å². The number of halogens is 1. The summed E-state index contributed by atoms with van der Waals surface area (Å²) >= 11 is 1.70. The number of nitrogens with zero attached hydrogens (tertiary/aromatic N) is 2. The molecule has 1 amide bonds. The lowest BCUT2D eigenvalue weighted by molar-refractivity contribution is -0.137. The van der Waals surface area contributed by atoms with Crippen molar-refractivity contribution in [2.24, 2.45) is 0 Å². The van der Waals surface area contributed by atoms with Crippen molar-refractivity contribution in [3.05, 3.63) is 52.0 Å². The summed E-state index contributed by atoms with van der Waals surface area (Å²) in [6.07, 6.45) is 0.201. The minimum absolute atomic E-state index is 0.00485. The number of fused-ring (bicyclic) bond motifs is 1. The van der Waals surface area contributed by atoms with E-state index in [2.05, 4.69) is 11.4 Å². The van der Waals surface area contributed by atoms with Crippen molar-refractivity contribution in [1.29, 1.82) is 0 Å². The maximum Gasteiger partial charge on any atom is 0.237 e. The van der Waals surface area contributed by atoms with Crippen molar-refractivity contribution in [2.75, 3.05) is 32.8 Å². The number of hydrogen-bond donors (Lipinski definition) is 1. The molecule has 0 aliphatic carbocycles. The predicted octanol–water partition coefficient (Wildman–Crippen LogP) is 3.89. The molecule has 1 N–H and O–H groups in total. The molecule has 0 fully saturated rings. The van der Waals surface area contributed by atoms with Crippen LogP contribution in [0.1, 0.15) is 44.2 Å². The van der Waals surface area contributed by atoms with Crippen LogP contribution >= 0.6 is 11.3 Å². The molecule has 0 saturated carbocycles. The molecule has 1 aliphatic heterocycles. The van der Waals surface area contributed by atoms with Crippen LogP contribution in [0.2, 0.25) is 0 Å². The van der Waals surface area contributed by atoms with E-state index < -0.39 is 6.10 Å². The molecule has 2 unspecified atom stereocenters. The van der Waals surface area contributed by atoms with Gasteiger partial charge in [-0.3, -0.25) is 9.69 Å². The normalized spacial score (nSPS) is 17.0. The largest absolute Gasteiger partial charge is 0.491 e. The fraction of sp³-hybridized carbons (Fsp3) is 0.560. The summed E-state index contributed by atoms with van der Waals surface area (Å²) in [5.74, 6) is 0.264. The lowest BCUT2D eigenvalue weighted by atomic mass is 10.00. The van der Waals surface area contributed by atoms with Crippen molar-refractivity contribution in [3.8, 4) is 5.75 Å². The highest BCUT2D eigenvalue weighted by molar-refractivity contribution is 7.10. The maximum absolute atomic E-state index is 13.4. The van der Waals surface area contributed by atoms with E-state index in [1.807, 2.05) is 37.5 Å². The molecule has 2 heterocycles. The molecule has 3 rings (SSSR count). The number of rotatable bonds is 11. The van der Waals surface area contributed by atoms with Gasteiger partial charge in [0, 0.05) is 24.0 Å². The number of benzene rings is 1. The average molecular weight is 479 g/mol. The summed E-state index contributed by atoms with van der Waals surface area (Å²) in [7, 11) is 0. The third-order valence-electron chi connectivity index (χ3n) is 5.77. The Morgan fingerprint density at radius 2 is 1.97 bits per heavy atom. The third kappa shape index (κ3) is 7.24. The molecular weight excluding hydrogens is 443 g/mol. The van der Waals surface area contributed by atoms with Crippen molar-refractivity contribution >= 4 is 17.2 Å². The van der Waals surface area contributed by atoms with Crippen LogP contribution in [0.25, 0.3) is 0 Å². The number of amides is 1. The van der Waals surface area contributed by atoms with E-state index in [0.717, 1.165) is 12.0 Å². The van der Waals surface area contributed by atoms with Crippen LogP contribution in [0.3, 0.4) is 0 Å². The topological polar surface area (TPSA) is 62.2 Å². The van der Waals surface area contributed by atoms with Crippen LogP contribution in [-0.4, -0.2) is 71.9 Å². The van der Waals surface area contributed by atoms with Gasteiger partial charge in [-0.25, -0.2) is 4.39 Å². The average Bonchev–Trinajstić information content (AvgIpc) is 3.25. The molecule has 0 spiro atoms. The van der Waals surface area contributed by atoms with Crippen molar-refractivity contribution in [2.45, 2.75) is 58.4 Å². The summed E-state index contributed by atoms with van der Waals surface area (Å²) in [5.41, 5.74) is 1.11. The molecular formula is C25H35FN2O4S. The van der Waals surface area contributed by atoms with Crippen LogP contribution in [0.15, 0.2) is 35.7 Å². The van der Waals surface area contributed by atoms with Crippen LogP contribution in [0.4, 0.5) is 4.39 Å². The monoisotopic (exact) mass is 478 g/mol. The number of aliphatic hydroxyl groups is 1. The molecule has 0 saturated heterocycles. The number of carbonyl (C=O) groups excluding carboxylic acids is 1. The van der Waals surface area contributed by atoms with Gasteiger partial charge >= 0.3 is 0 Å². The van der Waals surface area contributed by atoms with Crippen molar-refractivity contribution < 1.29 is 23.8 Å². The van der Waals surface area contributed by atoms with E-state index in [1.54, 1.807) is 23.5 Å². The van der Waals surface area contributed by atoms with Crippen LogP contribution in [0.5, 0.6) is 5.75 Å². The number of hydrogen-bond acceptors (Lipinski definition) is 6. The van der Waals surface area contributed by atoms with E-state index in [1.165, 1.54) is 17.0 Å². The molecule has 1 aromatic carbocycles. The Morgan fingerprint density at radius 1 is 1.24 bits per heavy atom. The number of carbonyl (C=O) groups is 1. The SMILES string of the molecule is CC(C)OCC(O)CN(CC(=O)N1CCc2sccc2C1COc1ccc(F)cc1)C(C)C. The first-order valence-electron chi connectivity index (χ1n) is 11.5. The molecule has 2 atom stereocenters. The fourth-order valence-electron chi connectivity index (χ4n) is 3.93. The number of ether oxygens (including phenoxy) is 2. The van der Waals surface area contributed by atoms with Crippen LogP contribution in [-0.2, 0) is 16.0 Å². The highest BCUT2D eigenvalue weighted by Crippen LogP contribution is 2.34. The van der Waals surface area contributed by atoms with Crippen molar-refractivity contribution in [3.63, 3.8) is 0 Å². The maximum atomic E-state index is 13.4. The Balaban J connectivity index is 1.68. The zero-order valence-electron chi connectivity index (χ0n) is 19.9. The van der Waals surface area contributed by atoms with E-state index >= 15 is 0 Å². The minimum Gasteiger partial charge on any atom is -0.491 e. The van der Waals surface area contributed by atoms with E-state index in [4.69, 9.17) is 9.47 Å². The highest BCUT2D eigenvalue weighted by Gasteiger charge is 2.33. The summed E-state index contributed by atoms with van der Waals surface area (Å²) in [6.45, 7) is 9.64. The molecule has 2 aromatic rings. The van der Waals surface area contributed by atoms with E-state index in [-0.39, 0.29) is 43.1 Å². The second-order valence-electron chi connectivity index (χ2n) is 8.98. The van der Waals surface area contributed by atoms with Gasteiger partial charge in [-0.05, 0) is 75.4 Å². The first kappa shape index (κ1) is 25.6. The lowest BCUT2D eigenvalue weighted by Crippen LogP contribution is -2.49. The van der Waals surface area contributed by atoms with Gasteiger partial charge in [-0.1, -0.05) is 0 Å². The van der Waals surface area contributed by atoms with Crippen LogP contribution < -0.4 is 4.74 Å². The number of aliphatic hydroxyl groups excluding tert-OH is 1. The molecule has 8 heteroatoms. The zero-order valence-corrected chi connectivity index (χ0v) is 20.7. The van der Waals surface area contributed by atoms with E-state index in [9.17, 15) is 14.3 Å². The van der Waals surface area contributed by atoms with Crippen LogP contribution in [0, 0.1) is 5.82 Å². The van der Waals surface area contributed by atoms with Gasteiger partial charge in [0.2, 0.25) is 5.91 Å². The zero-order chi connectivity index (χ0) is 24.0. The van der Waals surface area contributed by atoms with Gasteiger partial charge in [0.25, 0.3) is 0 Å². The molecule has 6 nitrogen and oxygen atoms in total. The van der Waals surface area contributed by atoms with Gasteiger partial charge in [-0.15, -0.1) is 11.3 Å². The summed E-state index contributed by atoms with van der Waals surface area (Å²) in [4.78, 5) is 18.6. The molecule has 1 aliphatic rings. The predicted molar refractivity (Wildman–Crippen MR) is 128 cm³/mol. The quantitative estimate of drug-likeness (QED) is 0.531. The van der Waals surface area contributed by atoms with E-state index in [0.29, 0.717) is 25.4 Å². The number of thiophene rings is 1. The summed E-state index contributed by atoms with van der Waals surface area (Å²) in [6, 6.07) is 7.87. The molecule has 1 aromatic heterocycles. The van der Waals surface area contributed by atoms with Crippen molar-refractivity contribution in [1.82, 2.24) is 9.80 Å². The molecule has 0 radical (unpaired) electrons. The third-order valence-corrected chi connectivity index (χ3v) is 6.77. The Bertz CT molecular complexity index is 887. The Kier molecular flexibility index (Phi) is 9.26. The molecule has 33 heavy (non-hydrogen) atoms. The Morgan fingerprint density at radius 3 is 2.64 bits per heavy atom. The first-order valence-corrected chi connectivity index (χ1v) is 12.4. The standard InChI is InChI=1S/C25H35FN2O4S/c1-17(2)27(13-20(29)15-31-18(3)4)14-25(30)28-11-9-24-22(10-12-33-24)23(28)16-32-21-7-5-19(26)6-8-21/h5-8,10,12,17-18,20,23,29H,9,11,13-16H2,1-4H3. The Hall–Kier alpha value is -2.00. The lowest BCUT2D eigenvalue weighted by Gasteiger charge is -2.38. The highest BCUT2D eigenvalue weighted by atomic mass is 32.1. The molecule has 182 valence electrons. The van der Waals surface area contributed by atoms with Gasteiger partial charge in [-0.2, -0.15) is 0 Å². The van der Waals surface area contributed by atoms with Gasteiger partial charge in [0.1, 0.15) is 18.2 Å². The second kappa shape index (κ2) is 11.9. The minimum atomic E-state index is -0.662. The first-order chi connectivity index (χ1) is 15.7. The molecule has 0 bridgehead atoms. The Labute approximate surface area is 199 Å². The van der Waals surface area contributed by atoms with Gasteiger partial charge in [0.15, 0.2) is 0 Å². The van der Waals surface area contributed by atoms with Gasteiger partial charge < -0.3 is 19.5 Å². The summed E-state index contributed by atoms with van der Waals surface area (Å²) < 4.78 is 24.7. The summed E-state index contributed by atoms with van der Waals surface area (Å²) in [5, 5.41) is 12.4. The smallest absolute Gasteiger partial charge is 0.237 e. The second-order valence-corrected chi connectivity index (χ2v) is 9.98. The fourth-order valence-corrected chi connectivity index (χ4v) is 4.86.